The summed E-state index contributed by atoms with van der Waals surface area (Å²) in [5.74, 6) is 0.278. The van der Waals surface area contributed by atoms with E-state index in [1.165, 1.54) is 17.7 Å². The van der Waals surface area contributed by atoms with Gasteiger partial charge in [0, 0.05) is 11.6 Å². The van der Waals surface area contributed by atoms with E-state index in [2.05, 4.69) is 29.6 Å². The first-order valence-electron chi connectivity index (χ1n) is 8.57. The standard InChI is InChI=1S/C21H20F3N/c1-12-10-11-16-14-7-5-8-15(14)20(25-19(16)13(12)2)17-6-3-4-9-18(17)21(22,23)24/h3-7,9-11,14-15,20,25H,8H2,1-2H3/t14-,15+,20-/m0/s1. The molecule has 0 unspecified atom stereocenters. The number of aryl methyl sites for hydroxylation is 1. The summed E-state index contributed by atoms with van der Waals surface area (Å²) < 4.78 is 40.6. The Bertz CT molecular complexity index is 851. The molecule has 0 aromatic heterocycles. The van der Waals surface area contributed by atoms with Crippen molar-refractivity contribution >= 4 is 5.69 Å². The smallest absolute Gasteiger partial charge is 0.377 e. The van der Waals surface area contributed by atoms with Gasteiger partial charge < -0.3 is 5.32 Å². The minimum absolute atomic E-state index is 0.109. The van der Waals surface area contributed by atoms with Crippen molar-refractivity contribution in [1.29, 1.82) is 0 Å². The molecule has 4 heteroatoms. The van der Waals surface area contributed by atoms with Gasteiger partial charge in [-0.25, -0.2) is 0 Å². The highest BCUT2D eigenvalue weighted by atomic mass is 19.4. The topological polar surface area (TPSA) is 12.0 Å². The lowest BCUT2D eigenvalue weighted by Crippen LogP contribution is -2.31. The summed E-state index contributed by atoms with van der Waals surface area (Å²) in [6.45, 7) is 4.07. The predicted molar refractivity (Wildman–Crippen MR) is 93.7 cm³/mol. The Morgan fingerprint density at radius 3 is 2.52 bits per heavy atom. The Morgan fingerprint density at radius 2 is 1.76 bits per heavy atom. The second-order valence-electron chi connectivity index (χ2n) is 7.03. The summed E-state index contributed by atoms with van der Waals surface area (Å²) >= 11 is 0. The molecule has 25 heavy (non-hydrogen) atoms. The summed E-state index contributed by atoms with van der Waals surface area (Å²) in [6.07, 6.45) is 0.704. The van der Waals surface area contributed by atoms with Gasteiger partial charge in [-0.2, -0.15) is 13.2 Å². The number of allylic oxidation sites excluding steroid dienone is 2. The van der Waals surface area contributed by atoms with Gasteiger partial charge in [-0.3, -0.25) is 0 Å². The molecule has 0 bridgehead atoms. The van der Waals surface area contributed by atoms with E-state index in [1.54, 1.807) is 12.1 Å². The van der Waals surface area contributed by atoms with Gasteiger partial charge in [-0.1, -0.05) is 42.5 Å². The zero-order valence-corrected chi connectivity index (χ0v) is 14.2. The van der Waals surface area contributed by atoms with Crippen LogP contribution in [0.1, 0.15) is 46.2 Å². The van der Waals surface area contributed by atoms with Crippen LogP contribution in [0.25, 0.3) is 0 Å². The predicted octanol–water partition coefficient (Wildman–Crippen LogP) is 6.15. The second kappa shape index (κ2) is 5.65. The molecular formula is C21H20F3N. The first kappa shape index (κ1) is 16.2. The number of halogens is 3. The van der Waals surface area contributed by atoms with Crippen molar-refractivity contribution in [2.24, 2.45) is 5.92 Å². The zero-order chi connectivity index (χ0) is 17.8. The van der Waals surface area contributed by atoms with Gasteiger partial charge >= 0.3 is 6.18 Å². The van der Waals surface area contributed by atoms with E-state index in [0.29, 0.717) is 5.56 Å². The fourth-order valence-electron chi connectivity index (χ4n) is 4.25. The first-order valence-corrected chi connectivity index (χ1v) is 8.57. The Morgan fingerprint density at radius 1 is 1.00 bits per heavy atom. The number of anilines is 1. The zero-order valence-electron chi connectivity index (χ0n) is 14.2. The molecule has 2 aromatic rings. The molecular weight excluding hydrogens is 323 g/mol. The van der Waals surface area contributed by atoms with Crippen LogP contribution in [0, 0.1) is 19.8 Å². The Balaban J connectivity index is 1.87. The van der Waals surface area contributed by atoms with Crippen LogP contribution in [0.5, 0.6) is 0 Å². The van der Waals surface area contributed by atoms with Crippen LogP contribution in [0.4, 0.5) is 18.9 Å². The molecule has 1 N–H and O–H groups in total. The highest BCUT2D eigenvalue weighted by Crippen LogP contribution is 2.52. The maximum atomic E-state index is 13.5. The maximum Gasteiger partial charge on any atom is 0.416 e. The molecule has 0 saturated heterocycles. The lowest BCUT2D eigenvalue weighted by molar-refractivity contribution is -0.138. The van der Waals surface area contributed by atoms with E-state index < -0.39 is 11.7 Å². The highest BCUT2D eigenvalue weighted by Gasteiger charge is 2.42. The van der Waals surface area contributed by atoms with E-state index in [9.17, 15) is 13.2 Å². The normalized spacial score (nSPS) is 24.6. The molecule has 1 aliphatic heterocycles. The van der Waals surface area contributed by atoms with Crippen molar-refractivity contribution < 1.29 is 13.2 Å². The summed E-state index contributed by atoms with van der Waals surface area (Å²) in [4.78, 5) is 0. The van der Waals surface area contributed by atoms with Crippen LogP contribution in [-0.2, 0) is 6.18 Å². The average molecular weight is 343 g/mol. The van der Waals surface area contributed by atoms with Crippen molar-refractivity contribution in [3.05, 3.63) is 76.4 Å². The highest BCUT2D eigenvalue weighted by molar-refractivity contribution is 5.66. The molecule has 0 radical (unpaired) electrons. The Kier molecular flexibility index (Phi) is 3.67. The number of hydrogen-bond donors (Lipinski definition) is 1. The van der Waals surface area contributed by atoms with Crippen LogP contribution >= 0.6 is 0 Å². The van der Waals surface area contributed by atoms with E-state index in [1.807, 2.05) is 13.8 Å². The third kappa shape index (κ3) is 2.55. The number of hydrogen-bond acceptors (Lipinski definition) is 1. The number of alkyl halides is 3. The van der Waals surface area contributed by atoms with Crippen molar-refractivity contribution in [2.75, 3.05) is 5.32 Å². The third-order valence-electron chi connectivity index (χ3n) is 5.67. The number of fused-ring (bicyclic) bond motifs is 3. The van der Waals surface area contributed by atoms with Gasteiger partial charge in [-0.15, -0.1) is 0 Å². The minimum Gasteiger partial charge on any atom is -0.377 e. The van der Waals surface area contributed by atoms with Gasteiger partial charge in [0.05, 0.1) is 11.6 Å². The van der Waals surface area contributed by atoms with Gasteiger partial charge in [-0.05, 0) is 54.5 Å². The van der Waals surface area contributed by atoms with Crippen molar-refractivity contribution in [3.8, 4) is 0 Å². The summed E-state index contributed by atoms with van der Waals surface area (Å²) in [5.41, 5.74) is 4.27. The fourth-order valence-corrected chi connectivity index (χ4v) is 4.25. The monoisotopic (exact) mass is 343 g/mol. The Hall–Kier alpha value is -2.23. The molecule has 2 aromatic carbocycles. The van der Waals surface area contributed by atoms with Crippen molar-refractivity contribution in [3.63, 3.8) is 0 Å². The van der Waals surface area contributed by atoms with E-state index >= 15 is 0 Å². The quantitative estimate of drug-likeness (QED) is 0.613. The third-order valence-corrected chi connectivity index (χ3v) is 5.67. The lowest BCUT2D eigenvalue weighted by Gasteiger charge is -2.39. The van der Waals surface area contributed by atoms with Crippen LogP contribution in [0.15, 0.2) is 48.6 Å². The molecule has 1 nitrogen and oxygen atoms in total. The molecule has 2 aliphatic rings. The summed E-state index contributed by atoms with van der Waals surface area (Å²) in [6, 6.07) is 9.84. The second-order valence-corrected chi connectivity index (χ2v) is 7.03. The first-order chi connectivity index (χ1) is 11.9. The molecule has 4 rings (SSSR count). The largest absolute Gasteiger partial charge is 0.416 e. The number of nitrogens with one attached hydrogen (secondary N) is 1. The molecule has 0 fully saturated rings. The van der Waals surface area contributed by atoms with Crippen LogP contribution in [0.2, 0.25) is 0 Å². The minimum atomic E-state index is -4.35. The van der Waals surface area contributed by atoms with E-state index in [0.717, 1.165) is 23.2 Å². The van der Waals surface area contributed by atoms with E-state index in [4.69, 9.17) is 0 Å². The van der Waals surface area contributed by atoms with Gasteiger partial charge in [0.1, 0.15) is 0 Å². The van der Waals surface area contributed by atoms with Crippen LogP contribution in [-0.4, -0.2) is 0 Å². The lowest BCUT2D eigenvalue weighted by atomic mass is 9.75. The average Bonchev–Trinajstić information content (AvgIpc) is 3.06. The molecule has 1 aliphatic carbocycles. The summed E-state index contributed by atoms with van der Waals surface area (Å²) in [7, 11) is 0. The van der Waals surface area contributed by atoms with Crippen LogP contribution in [0.3, 0.4) is 0 Å². The number of benzene rings is 2. The summed E-state index contributed by atoms with van der Waals surface area (Å²) in [5, 5.41) is 3.47. The van der Waals surface area contributed by atoms with Crippen molar-refractivity contribution in [1.82, 2.24) is 0 Å². The van der Waals surface area contributed by atoms with Crippen molar-refractivity contribution in [2.45, 2.75) is 38.4 Å². The van der Waals surface area contributed by atoms with Gasteiger partial charge in [0.25, 0.3) is 0 Å². The SMILES string of the molecule is Cc1ccc2c(c1C)N[C@H](c1ccccc1C(F)(F)F)[C@@H]1CC=C[C@H]21. The van der Waals surface area contributed by atoms with Gasteiger partial charge in [0.2, 0.25) is 0 Å². The molecule has 0 amide bonds. The molecule has 3 atom stereocenters. The number of rotatable bonds is 1. The maximum absolute atomic E-state index is 13.5. The molecule has 1 heterocycles. The van der Waals surface area contributed by atoms with E-state index in [-0.39, 0.29) is 17.9 Å². The fraction of sp³-hybridized carbons (Fsp3) is 0.333. The molecule has 0 spiro atoms. The molecule has 130 valence electrons. The Labute approximate surface area is 145 Å². The van der Waals surface area contributed by atoms with Crippen LogP contribution < -0.4 is 5.32 Å². The molecule has 0 saturated carbocycles. The van der Waals surface area contributed by atoms with Gasteiger partial charge in [0.15, 0.2) is 0 Å².